The first kappa shape index (κ1) is 13.1. The maximum atomic E-state index is 12.5. The predicted octanol–water partition coefficient (Wildman–Crippen LogP) is 1.50. The molecule has 0 aromatic heterocycles. The number of nitrogens with one attached hydrogen (secondary N) is 1. The predicted molar refractivity (Wildman–Crippen MR) is 69.1 cm³/mol. The molecule has 98 valence electrons. The highest BCUT2D eigenvalue weighted by atomic mass is 16.5. The maximum absolute atomic E-state index is 12.5. The van der Waals surface area contributed by atoms with Gasteiger partial charge in [0.05, 0.1) is 31.3 Å². The number of benzene rings is 1. The van der Waals surface area contributed by atoms with Crippen LogP contribution in [0.25, 0.3) is 0 Å². The number of Topliss-reactive ketones (excluding diaryl/α,β-unsaturated/α-hetero) is 1. The minimum Gasteiger partial charge on any atom is -0.493 e. The second-order valence-corrected chi connectivity index (χ2v) is 4.33. The quantitative estimate of drug-likeness (QED) is 0.803. The summed E-state index contributed by atoms with van der Waals surface area (Å²) in [7, 11) is 1.86. The number of hydrogen-bond donors (Lipinski definition) is 1. The Balaban J connectivity index is 2.22. The third-order valence-corrected chi connectivity index (χ3v) is 3.24. The number of carbonyl (C=O) groups excluding carboxylic acids is 1. The zero-order valence-electron chi connectivity index (χ0n) is 10.8. The molecule has 0 aliphatic carbocycles. The van der Waals surface area contributed by atoms with Crippen molar-refractivity contribution in [3.05, 3.63) is 29.8 Å². The Kier molecular flexibility index (Phi) is 4.33. The summed E-state index contributed by atoms with van der Waals surface area (Å²) < 4.78 is 10.9. The molecule has 1 aliphatic heterocycles. The summed E-state index contributed by atoms with van der Waals surface area (Å²) in [6.07, 6.45) is 0. The molecule has 1 N–H and O–H groups in total. The van der Waals surface area contributed by atoms with Crippen LogP contribution >= 0.6 is 0 Å². The normalized spacial score (nSPS) is 23.0. The number of hydrogen-bond acceptors (Lipinski definition) is 4. The lowest BCUT2D eigenvalue weighted by Crippen LogP contribution is -2.37. The van der Waals surface area contributed by atoms with E-state index < -0.39 is 0 Å². The van der Waals surface area contributed by atoms with E-state index in [-0.39, 0.29) is 17.7 Å². The van der Waals surface area contributed by atoms with Gasteiger partial charge in [-0.2, -0.15) is 0 Å². The van der Waals surface area contributed by atoms with Gasteiger partial charge < -0.3 is 14.8 Å². The smallest absolute Gasteiger partial charge is 0.173 e. The van der Waals surface area contributed by atoms with E-state index in [4.69, 9.17) is 9.47 Å². The molecule has 1 aromatic carbocycles. The largest absolute Gasteiger partial charge is 0.493 e. The second kappa shape index (κ2) is 5.98. The van der Waals surface area contributed by atoms with E-state index in [1.54, 1.807) is 0 Å². The van der Waals surface area contributed by atoms with Crippen molar-refractivity contribution in [2.45, 2.75) is 13.0 Å². The lowest BCUT2D eigenvalue weighted by Gasteiger charge is -2.17. The molecule has 1 aliphatic rings. The van der Waals surface area contributed by atoms with Crippen molar-refractivity contribution in [3.8, 4) is 5.75 Å². The molecule has 4 nitrogen and oxygen atoms in total. The molecular formula is C14H19NO3. The number of ether oxygens (including phenoxy) is 2. The topological polar surface area (TPSA) is 47.6 Å². The minimum atomic E-state index is -0.128. The van der Waals surface area contributed by atoms with Gasteiger partial charge in [0.2, 0.25) is 0 Å². The van der Waals surface area contributed by atoms with E-state index in [0.29, 0.717) is 31.1 Å². The number of carbonyl (C=O) groups is 1. The Morgan fingerprint density at radius 2 is 2.22 bits per heavy atom. The summed E-state index contributed by atoms with van der Waals surface area (Å²) >= 11 is 0. The molecular weight excluding hydrogens is 230 g/mol. The van der Waals surface area contributed by atoms with Crippen LogP contribution in [-0.2, 0) is 4.74 Å². The first-order valence-electron chi connectivity index (χ1n) is 6.29. The highest BCUT2D eigenvalue weighted by Gasteiger charge is 2.34. The van der Waals surface area contributed by atoms with Gasteiger partial charge in [-0.25, -0.2) is 0 Å². The molecule has 1 heterocycles. The summed E-state index contributed by atoms with van der Waals surface area (Å²) in [5.41, 5.74) is 0.648. The van der Waals surface area contributed by atoms with Crippen molar-refractivity contribution >= 4 is 5.78 Å². The summed E-state index contributed by atoms with van der Waals surface area (Å²) in [6, 6.07) is 7.48. The molecule has 2 atom stereocenters. The fraction of sp³-hybridized carbons (Fsp3) is 0.500. The monoisotopic (exact) mass is 249 g/mol. The van der Waals surface area contributed by atoms with E-state index >= 15 is 0 Å². The third kappa shape index (κ3) is 2.54. The first-order valence-corrected chi connectivity index (χ1v) is 6.29. The summed E-state index contributed by atoms with van der Waals surface area (Å²) in [5.74, 6) is 0.624. The SMILES string of the molecule is CCOc1ccccc1C(=O)C1COCC1NC. The third-order valence-electron chi connectivity index (χ3n) is 3.24. The van der Waals surface area contributed by atoms with Gasteiger partial charge >= 0.3 is 0 Å². The molecule has 0 radical (unpaired) electrons. The Bertz CT molecular complexity index is 419. The fourth-order valence-corrected chi connectivity index (χ4v) is 2.25. The van der Waals surface area contributed by atoms with Gasteiger partial charge in [0.25, 0.3) is 0 Å². The van der Waals surface area contributed by atoms with Gasteiger partial charge in [-0.15, -0.1) is 0 Å². The van der Waals surface area contributed by atoms with E-state index in [0.717, 1.165) is 0 Å². The summed E-state index contributed by atoms with van der Waals surface area (Å²) in [4.78, 5) is 12.5. The van der Waals surface area contributed by atoms with Crippen LogP contribution in [0, 0.1) is 5.92 Å². The molecule has 2 rings (SSSR count). The molecule has 0 saturated carbocycles. The van der Waals surface area contributed by atoms with Crippen LogP contribution in [0.3, 0.4) is 0 Å². The van der Waals surface area contributed by atoms with Gasteiger partial charge in [0.1, 0.15) is 5.75 Å². The van der Waals surface area contributed by atoms with Gasteiger partial charge in [0, 0.05) is 6.04 Å². The van der Waals surface area contributed by atoms with E-state index in [1.807, 2.05) is 38.2 Å². The average Bonchev–Trinajstić information content (AvgIpc) is 2.87. The number of rotatable bonds is 5. The minimum absolute atomic E-state index is 0.0900. The highest BCUT2D eigenvalue weighted by molar-refractivity contribution is 6.01. The zero-order valence-corrected chi connectivity index (χ0v) is 10.8. The van der Waals surface area contributed by atoms with Gasteiger partial charge in [0.15, 0.2) is 5.78 Å². The van der Waals surface area contributed by atoms with Crippen molar-refractivity contribution < 1.29 is 14.3 Å². The van der Waals surface area contributed by atoms with Crippen LogP contribution in [0.1, 0.15) is 17.3 Å². The van der Waals surface area contributed by atoms with Gasteiger partial charge in [-0.3, -0.25) is 4.79 Å². The lowest BCUT2D eigenvalue weighted by molar-refractivity contribution is 0.0888. The molecule has 1 fully saturated rings. The maximum Gasteiger partial charge on any atom is 0.173 e. The molecule has 0 spiro atoms. The van der Waals surface area contributed by atoms with Crippen molar-refractivity contribution in [1.82, 2.24) is 5.32 Å². The molecule has 0 bridgehead atoms. The van der Waals surface area contributed by atoms with Gasteiger partial charge in [-0.05, 0) is 26.1 Å². The average molecular weight is 249 g/mol. The molecule has 4 heteroatoms. The van der Waals surface area contributed by atoms with E-state index in [9.17, 15) is 4.79 Å². The van der Waals surface area contributed by atoms with Crippen LogP contribution in [0.15, 0.2) is 24.3 Å². The van der Waals surface area contributed by atoms with Crippen molar-refractivity contribution in [3.63, 3.8) is 0 Å². The van der Waals surface area contributed by atoms with Crippen molar-refractivity contribution in [1.29, 1.82) is 0 Å². The van der Waals surface area contributed by atoms with E-state index in [2.05, 4.69) is 5.32 Å². The standard InChI is InChI=1S/C14H19NO3/c1-3-18-13-7-5-4-6-10(13)14(16)11-8-17-9-12(11)15-2/h4-7,11-12,15H,3,8-9H2,1-2H3. The Hall–Kier alpha value is -1.39. The van der Waals surface area contributed by atoms with Crippen LogP contribution in [0.2, 0.25) is 0 Å². The Morgan fingerprint density at radius 3 is 2.94 bits per heavy atom. The molecule has 2 unspecified atom stereocenters. The number of ketones is 1. The fourth-order valence-electron chi connectivity index (χ4n) is 2.25. The van der Waals surface area contributed by atoms with Crippen LogP contribution in [0.5, 0.6) is 5.75 Å². The lowest BCUT2D eigenvalue weighted by atomic mass is 9.93. The van der Waals surface area contributed by atoms with Crippen LogP contribution in [-0.4, -0.2) is 38.7 Å². The summed E-state index contributed by atoms with van der Waals surface area (Å²) in [6.45, 7) is 3.53. The Labute approximate surface area is 107 Å². The molecule has 1 saturated heterocycles. The van der Waals surface area contributed by atoms with Crippen LogP contribution < -0.4 is 10.1 Å². The van der Waals surface area contributed by atoms with Crippen LogP contribution in [0.4, 0.5) is 0 Å². The molecule has 18 heavy (non-hydrogen) atoms. The first-order chi connectivity index (χ1) is 8.77. The van der Waals surface area contributed by atoms with Crippen molar-refractivity contribution in [2.75, 3.05) is 26.9 Å². The van der Waals surface area contributed by atoms with E-state index in [1.165, 1.54) is 0 Å². The van der Waals surface area contributed by atoms with Gasteiger partial charge in [-0.1, -0.05) is 12.1 Å². The second-order valence-electron chi connectivity index (χ2n) is 4.33. The van der Waals surface area contributed by atoms with Crippen molar-refractivity contribution in [2.24, 2.45) is 5.92 Å². The summed E-state index contributed by atoms with van der Waals surface area (Å²) in [5, 5.41) is 3.13. The molecule has 1 aromatic rings. The zero-order chi connectivity index (χ0) is 13.0. The highest BCUT2D eigenvalue weighted by Crippen LogP contribution is 2.25. The number of likely N-dealkylation sites (N-methyl/N-ethyl adjacent to an activating group) is 1. The number of para-hydroxylation sites is 1. The Morgan fingerprint density at radius 1 is 1.44 bits per heavy atom. The molecule has 0 amide bonds.